The third kappa shape index (κ3) is 3.87. The van der Waals surface area contributed by atoms with Crippen LogP contribution in [0.2, 0.25) is 0 Å². The minimum Gasteiger partial charge on any atom is -0.353 e. The van der Waals surface area contributed by atoms with Crippen molar-refractivity contribution >= 4 is 11.7 Å². The zero-order chi connectivity index (χ0) is 18.7. The number of nitrogens with zero attached hydrogens (tertiary/aromatic N) is 4. The first-order valence-electron chi connectivity index (χ1n) is 9.42. The lowest BCUT2D eigenvalue weighted by Crippen LogP contribution is -2.49. The van der Waals surface area contributed by atoms with Crippen LogP contribution in [-0.4, -0.2) is 47.0 Å². The first-order chi connectivity index (χ1) is 12.5. The molecule has 3 heterocycles. The Kier molecular flexibility index (Phi) is 5.55. The molecular formula is C21H28N4O. The van der Waals surface area contributed by atoms with Crippen LogP contribution in [0.25, 0.3) is 11.3 Å². The largest absolute Gasteiger partial charge is 0.353 e. The number of hydrogen-bond donors (Lipinski definition) is 0. The Hall–Kier alpha value is -2.43. The van der Waals surface area contributed by atoms with Crippen molar-refractivity contribution in [1.29, 1.82) is 0 Å². The number of rotatable bonds is 4. The smallest absolute Gasteiger partial charge is 0.222 e. The van der Waals surface area contributed by atoms with E-state index in [9.17, 15) is 4.79 Å². The van der Waals surface area contributed by atoms with Crippen LogP contribution >= 0.6 is 0 Å². The van der Waals surface area contributed by atoms with Gasteiger partial charge in [0, 0.05) is 50.6 Å². The summed E-state index contributed by atoms with van der Waals surface area (Å²) in [5.74, 6) is 1.24. The summed E-state index contributed by atoms with van der Waals surface area (Å²) in [4.78, 5) is 25.6. The number of carbonyl (C=O) groups excluding carboxylic acids is 1. The molecule has 1 aliphatic rings. The summed E-state index contributed by atoms with van der Waals surface area (Å²) >= 11 is 0. The van der Waals surface area contributed by atoms with Gasteiger partial charge in [0.1, 0.15) is 5.82 Å². The molecule has 26 heavy (non-hydrogen) atoms. The molecule has 5 nitrogen and oxygen atoms in total. The number of aromatic nitrogens is 2. The third-order valence-electron chi connectivity index (χ3n) is 4.98. The van der Waals surface area contributed by atoms with E-state index in [1.165, 1.54) is 11.1 Å². The van der Waals surface area contributed by atoms with Crippen molar-refractivity contribution in [2.24, 2.45) is 0 Å². The number of amides is 1. The summed E-state index contributed by atoms with van der Waals surface area (Å²) < 4.78 is 0. The second-order valence-corrected chi connectivity index (χ2v) is 7.15. The molecular weight excluding hydrogens is 324 g/mol. The second kappa shape index (κ2) is 7.85. The van der Waals surface area contributed by atoms with Crippen LogP contribution in [0, 0.1) is 20.8 Å². The Morgan fingerprint density at radius 2 is 1.73 bits per heavy atom. The van der Waals surface area contributed by atoms with Crippen LogP contribution in [0.1, 0.15) is 36.5 Å². The van der Waals surface area contributed by atoms with Crippen molar-refractivity contribution in [2.75, 3.05) is 31.1 Å². The maximum atomic E-state index is 12.1. The Morgan fingerprint density at radius 3 is 2.38 bits per heavy atom. The minimum absolute atomic E-state index is 0.268. The summed E-state index contributed by atoms with van der Waals surface area (Å²) in [5.41, 5.74) is 5.64. The lowest BCUT2D eigenvalue weighted by molar-refractivity contribution is -0.131. The highest BCUT2D eigenvalue weighted by Crippen LogP contribution is 2.28. The van der Waals surface area contributed by atoms with Gasteiger partial charge in [0.2, 0.25) is 5.91 Å². The molecule has 0 aliphatic carbocycles. The van der Waals surface area contributed by atoms with Crippen LogP contribution < -0.4 is 4.90 Å². The fourth-order valence-corrected chi connectivity index (χ4v) is 3.49. The summed E-state index contributed by atoms with van der Waals surface area (Å²) in [5, 5.41) is 0. The van der Waals surface area contributed by atoms with E-state index in [0.29, 0.717) is 6.42 Å². The van der Waals surface area contributed by atoms with Gasteiger partial charge in [-0.3, -0.25) is 9.78 Å². The molecule has 2 aromatic heterocycles. The van der Waals surface area contributed by atoms with E-state index < -0.39 is 0 Å². The lowest BCUT2D eigenvalue weighted by atomic mass is 10.0. The van der Waals surface area contributed by atoms with Gasteiger partial charge in [-0.25, -0.2) is 4.98 Å². The van der Waals surface area contributed by atoms with Gasteiger partial charge in [0.05, 0.1) is 5.69 Å². The zero-order valence-corrected chi connectivity index (χ0v) is 16.2. The monoisotopic (exact) mass is 352 g/mol. The van der Waals surface area contributed by atoms with Gasteiger partial charge in [-0.1, -0.05) is 13.0 Å². The number of hydrogen-bond acceptors (Lipinski definition) is 4. The lowest BCUT2D eigenvalue weighted by Gasteiger charge is -2.35. The van der Waals surface area contributed by atoms with E-state index in [2.05, 4.69) is 47.8 Å². The van der Waals surface area contributed by atoms with Gasteiger partial charge in [0.25, 0.3) is 0 Å². The van der Waals surface area contributed by atoms with Crippen molar-refractivity contribution < 1.29 is 4.79 Å². The number of aryl methyl sites for hydroxylation is 3. The van der Waals surface area contributed by atoms with Gasteiger partial charge in [-0.05, 0) is 49.9 Å². The molecule has 1 fully saturated rings. The molecule has 0 radical (unpaired) electrons. The van der Waals surface area contributed by atoms with Crippen LogP contribution in [-0.2, 0) is 4.79 Å². The molecule has 2 aromatic rings. The number of carbonyl (C=O) groups is 1. The van der Waals surface area contributed by atoms with E-state index >= 15 is 0 Å². The molecule has 0 bridgehead atoms. The second-order valence-electron chi connectivity index (χ2n) is 7.15. The van der Waals surface area contributed by atoms with E-state index in [0.717, 1.165) is 55.2 Å². The highest BCUT2D eigenvalue weighted by atomic mass is 16.2. The van der Waals surface area contributed by atoms with E-state index in [4.69, 9.17) is 0 Å². The first kappa shape index (κ1) is 18.4. The van der Waals surface area contributed by atoms with Crippen molar-refractivity contribution in [3.8, 4) is 11.3 Å². The Labute approximate surface area is 156 Å². The minimum atomic E-state index is 0.268. The maximum absolute atomic E-state index is 12.1. The standard InChI is InChI=1S/C21H28N4O/c1-5-6-20(26)25-9-7-24(8-10-25)19-12-18(17(4)14-22-19)21-16(3)11-15(2)13-23-21/h11-14H,5-10H2,1-4H3. The van der Waals surface area contributed by atoms with E-state index in [-0.39, 0.29) is 5.91 Å². The average molecular weight is 352 g/mol. The van der Waals surface area contributed by atoms with Gasteiger partial charge in [-0.15, -0.1) is 0 Å². The predicted molar refractivity (Wildman–Crippen MR) is 105 cm³/mol. The molecule has 0 saturated carbocycles. The fourth-order valence-electron chi connectivity index (χ4n) is 3.49. The van der Waals surface area contributed by atoms with Gasteiger partial charge < -0.3 is 9.80 Å². The summed E-state index contributed by atoms with van der Waals surface area (Å²) in [6, 6.07) is 4.31. The maximum Gasteiger partial charge on any atom is 0.222 e. The van der Waals surface area contributed by atoms with Crippen molar-refractivity contribution in [2.45, 2.75) is 40.5 Å². The average Bonchev–Trinajstić information content (AvgIpc) is 2.63. The molecule has 0 spiro atoms. The van der Waals surface area contributed by atoms with Gasteiger partial charge in [-0.2, -0.15) is 0 Å². The quantitative estimate of drug-likeness (QED) is 0.845. The molecule has 3 rings (SSSR count). The van der Waals surface area contributed by atoms with Gasteiger partial charge >= 0.3 is 0 Å². The van der Waals surface area contributed by atoms with E-state index in [1.807, 2.05) is 24.2 Å². The number of anilines is 1. The topological polar surface area (TPSA) is 49.3 Å². The Morgan fingerprint density at radius 1 is 1.00 bits per heavy atom. The predicted octanol–water partition coefficient (Wildman–Crippen LogP) is 3.52. The molecule has 1 saturated heterocycles. The zero-order valence-electron chi connectivity index (χ0n) is 16.2. The normalized spacial score (nSPS) is 14.6. The van der Waals surface area contributed by atoms with Crippen LogP contribution in [0.15, 0.2) is 24.5 Å². The first-order valence-corrected chi connectivity index (χ1v) is 9.42. The van der Waals surface area contributed by atoms with Crippen LogP contribution in [0.3, 0.4) is 0 Å². The number of pyridine rings is 2. The van der Waals surface area contributed by atoms with Gasteiger partial charge in [0.15, 0.2) is 0 Å². The summed E-state index contributed by atoms with van der Waals surface area (Å²) in [6.45, 7) is 11.5. The summed E-state index contributed by atoms with van der Waals surface area (Å²) in [7, 11) is 0. The van der Waals surface area contributed by atoms with Crippen molar-refractivity contribution in [3.05, 3.63) is 41.2 Å². The molecule has 0 aromatic carbocycles. The SMILES string of the molecule is CCCC(=O)N1CCN(c2cc(-c3ncc(C)cc3C)c(C)cn2)CC1. The Balaban J connectivity index is 1.79. The van der Waals surface area contributed by atoms with Crippen LogP contribution in [0.4, 0.5) is 5.82 Å². The molecule has 0 N–H and O–H groups in total. The molecule has 0 atom stereocenters. The highest BCUT2D eigenvalue weighted by molar-refractivity contribution is 5.76. The third-order valence-corrected chi connectivity index (χ3v) is 4.98. The number of piperazine rings is 1. The van der Waals surface area contributed by atoms with Crippen molar-refractivity contribution in [1.82, 2.24) is 14.9 Å². The van der Waals surface area contributed by atoms with Crippen molar-refractivity contribution in [3.63, 3.8) is 0 Å². The van der Waals surface area contributed by atoms with Crippen LogP contribution in [0.5, 0.6) is 0 Å². The fraction of sp³-hybridized carbons (Fsp3) is 0.476. The summed E-state index contributed by atoms with van der Waals surface area (Å²) in [6.07, 6.45) is 5.40. The molecule has 1 amide bonds. The van der Waals surface area contributed by atoms with E-state index in [1.54, 1.807) is 0 Å². The Bertz CT molecular complexity index is 795. The molecule has 5 heteroatoms. The molecule has 138 valence electrons. The highest BCUT2D eigenvalue weighted by Gasteiger charge is 2.22. The molecule has 1 aliphatic heterocycles. The molecule has 0 unspecified atom stereocenters.